The minimum atomic E-state index is -0.279. The maximum atomic E-state index is 10.1. The van der Waals surface area contributed by atoms with Gasteiger partial charge in [0.25, 0.3) is 0 Å². The molecule has 0 saturated carbocycles. The number of rotatable bonds is 3. The highest BCUT2D eigenvalue weighted by Gasteiger charge is 2.27. The number of nitrogens with zero attached hydrogens (tertiary/aromatic N) is 3. The summed E-state index contributed by atoms with van der Waals surface area (Å²) >= 11 is 0. The van der Waals surface area contributed by atoms with Crippen LogP contribution in [0.25, 0.3) is 0 Å². The van der Waals surface area contributed by atoms with Gasteiger partial charge >= 0.3 is 0 Å². The maximum absolute atomic E-state index is 10.1. The van der Waals surface area contributed by atoms with Gasteiger partial charge < -0.3 is 15.3 Å². The first-order valence-electron chi connectivity index (χ1n) is 7.43. The Morgan fingerprint density at radius 1 is 1.35 bits per heavy atom. The van der Waals surface area contributed by atoms with E-state index in [0.29, 0.717) is 12.5 Å². The Kier molecular flexibility index (Phi) is 4.48. The van der Waals surface area contributed by atoms with Gasteiger partial charge in [-0.25, -0.2) is 9.97 Å². The number of hydrogen-bond acceptors (Lipinski definition) is 5. The van der Waals surface area contributed by atoms with Crippen LogP contribution < -0.4 is 10.2 Å². The fourth-order valence-corrected chi connectivity index (χ4v) is 2.57. The topological polar surface area (TPSA) is 61.3 Å². The van der Waals surface area contributed by atoms with Crippen molar-refractivity contribution in [1.29, 1.82) is 0 Å². The molecule has 20 heavy (non-hydrogen) atoms. The summed E-state index contributed by atoms with van der Waals surface area (Å²) in [6.45, 7) is 9.93. The molecule has 2 heterocycles. The molecule has 0 amide bonds. The molecule has 5 nitrogen and oxygen atoms in total. The van der Waals surface area contributed by atoms with Crippen molar-refractivity contribution in [3.63, 3.8) is 0 Å². The second kappa shape index (κ2) is 5.95. The zero-order valence-corrected chi connectivity index (χ0v) is 13.1. The third-order valence-corrected chi connectivity index (χ3v) is 4.11. The first-order chi connectivity index (χ1) is 9.43. The number of nitrogens with one attached hydrogen (secondary N) is 1. The molecule has 2 unspecified atom stereocenters. The molecule has 1 saturated heterocycles. The molecule has 1 aromatic heterocycles. The molecule has 2 N–H and O–H groups in total. The molecule has 0 aromatic carbocycles. The van der Waals surface area contributed by atoms with E-state index in [1.807, 2.05) is 14.0 Å². The van der Waals surface area contributed by atoms with E-state index in [1.165, 1.54) is 0 Å². The predicted octanol–water partition coefficient (Wildman–Crippen LogP) is 2.16. The van der Waals surface area contributed by atoms with Crippen molar-refractivity contribution >= 4 is 11.6 Å². The van der Waals surface area contributed by atoms with E-state index in [-0.39, 0.29) is 12.0 Å². The zero-order valence-electron chi connectivity index (χ0n) is 13.1. The molecule has 5 heteroatoms. The highest BCUT2D eigenvalue weighted by molar-refractivity contribution is 5.59. The van der Waals surface area contributed by atoms with Crippen molar-refractivity contribution in [2.45, 2.75) is 46.1 Å². The molecular formula is C15H26N4O. The molecule has 1 aromatic rings. The van der Waals surface area contributed by atoms with Gasteiger partial charge in [-0.15, -0.1) is 0 Å². The Morgan fingerprint density at radius 3 is 2.60 bits per heavy atom. The van der Waals surface area contributed by atoms with Crippen LogP contribution in [0, 0.1) is 12.8 Å². The van der Waals surface area contributed by atoms with Crippen LogP contribution in [0.1, 0.15) is 44.5 Å². The number of aliphatic hydroxyl groups excluding tert-OH is 1. The molecule has 2 rings (SSSR count). The van der Waals surface area contributed by atoms with Crippen molar-refractivity contribution in [3.05, 3.63) is 11.4 Å². The second-order valence-corrected chi connectivity index (χ2v) is 6.06. The number of piperidine rings is 1. The Labute approximate surface area is 121 Å². The molecule has 1 fully saturated rings. The molecule has 112 valence electrons. The van der Waals surface area contributed by atoms with Gasteiger partial charge in [-0.05, 0) is 19.3 Å². The number of hydrogen-bond donors (Lipinski definition) is 2. The average Bonchev–Trinajstić information content (AvgIpc) is 2.42. The van der Waals surface area contributed by atoms with E-state index >= 15 is 0 Å². The van der Waals surface area contributed by atoms with Crippen molar-refractivity contribution in [2.24, 2.45) is 5.92 Å². The third-order valence-electron chi connectivity index (χ3n) is 4.11. The number of β-amino-alcohol motifs (C(OH)–C–C–N with tert-alkyl or cyclic N) is 1. The van der Waals surface area contributed by atoms with Crippen LogP contribution in [0.15, 0.2) is 0 Å². The second-order valence-electron chi connectivity index (χ2n) is 6.06. The normalized spacial score (nSPS) is 23.2. The summed E-state index contributed by atoms with van der Waals surface area (Å²) in [7, 11) is 1.89. The molecule has 0 radical (unpaired) electrons. The summed E-state index contributed by atoms with van der Waals surface area (Å²) in [6, 6.07) is 0. The fraction of sp³-hybridized carbons (Fsp3) is 0.733. The van der Waals surface area contributed by atoms with Gasteiger partial charge in [0.1, 0.15) is 17.5 Å². The largest absolute Gasteiger partial charge is 0.391 e. The summed E-state index contributed by atoms with van der Waals surface area (Å²) in [5, 5.41) is 13.3. The molecule has 0 bridgehead atoms. The first-order valence-corrected chi connectivity index (χ1v) is 7.43. The molecule has 0 spiro atoms. The summed E-state index contributed by atoms with van der Waals surface area (Å²) < 4.78 is 0. The van der Waals surface area contributed by atoms with Crippen molar-refractivity contribution < 1.29 is 5.11 Å². The van der Waals surface area contributed by atoms with E-state index in [1.54, 1.807) is 0 Å². The van der Waals surface area contributed by atoms with Gasteiger partial charge in [0, 0.05) is 31.6 Å². The first kappa shape index (κ1) is 15.0. The summed E-state index contributed by atoms with van der Waals surface area (Å²) in [6.07, 6.45) is 0.718. The van der Waals surface area contributed by atoms with Crippen LogP contribution in [0.2, 0.25) is 0 Å². The van der Waals surface area contributed by atoms with E-state index < -0.39 is 0 Å². The third kappa shape index (κ3) is 2.87. The standard InChI is InChI=1S/C15H26N4O/c1-9(2)13-17-14(16-5)11(4)15(18-13)19-7-6-10(3)12(20)8-19/h9-10,12,20H,6-8H2,1-5H3,(H,16,17,18). The van der Waals surface area contributed by atoms with Gasteiger partial charge in [-0.2, -0.15) is 0 Å². The predicted molar refractivity (Wildman–Crippen MR) is 82.4 cm³/mol. The van der Waals surface area contributed by atoms with Crippen molar-refractivity contribution in [2.75, 3.05) is 30.4 Å². The van der Waals surface area contributed by atoms with Gasteiger partial charge in [-0.1, -0.05) is 20.8 Å². The van der Waals surface area contributed by atoms with Crippen LogP contribution in [-0.4, -0.2) is 41.3 Å². The Bertz CT molecular complexity index is 475. The lowest BCUT2D eigenvalue weighted by Crippen LogP contribution is -2.43. The van der Waals surface area contributed by atoms with E-state index in [2.05, 4.69) is 36.0 Å². The molecule has 2 atom stereocenters. The molecule has 1 aliphatic rings. The molecular weight excluding hydrogens is 252 g/mol. The summed E-state index contributed by atoms with van der Waals surface area (Å²) in [4.78, 5) is 11.5. The zero-order chi connectivity index (χ0) is 14.9. The van der Waals surface area contributed by atoms with Crippen LogP contribution >= 0.6 is 0 Å². The van der Waals surface area contributed by atoms with Crippen LogP contribution in [-0.2, 0) is 0 Å². The highest BCUT2D eigenvalue weighted by Crippen LogP contribution is 2.29. The summed E-state index contributed by atoms with van der Waals surface area (Å²) in [5.41, 5.74) is 1.05. The fourth-order valence-electron chi connectivity index (χ4n) is 2.57. The van der Waals surface area contributed by atoms with Crippen molar-refractivity contribution in [1.82, 2.24) is 9.97 Å². The van der Waals surface area contributed by atoms with E-state index in [0.717, 1.165) is 36.0 Å². The minimum Gasteiger partial charge on any atom is -0.391 e. The van der Waals surface area contributed by atoms with Crippen molar-refractivity contribution in [3.8, 4) is 0 Å². The Balaban J connectivity index is 2.37. The average molecular weight is 278 g/mol. The maximum Gasteiger partial charge on any atom is 0.137 e. The molecule has 0 aliphatic carbocycles. The minimum absolute atomic E-state index is 0.279. The molecule has 1 aliphatic heterocycles. The lowest BCUT2D eigenvalue weighted by Gasteiger charge is -2.36. The SMILES string of the molecule is CNc1nc(C(C)C)nc(N2CCC(C)C(O)C2)c1C. The highest BCUT2D eigenvalue weighted by atomic mass is 16.3. The number of anilines is 2. The lowest BCUT2D eigenvalue weighted by molar-refractivity contribution is 0.102. The Hall–Kier alpha value is -1.36. The van der Waals surface area contributed by atoms with Gasteiger partial charge in [0.2, 0.25) is 0 Å². The van der Waals surface area contributed by atoms with Gasteiger partial charge in [0.15, 0.2) is 0 Å². The van der Waals surface area contributed by atoms with Gasteiger partial charge in [-0.3, -0.25) is 0 Å². The van der Waals surface area contributed by atoms with Crippen LogP contribution in [0.5, 0.6) is 0 Å². The number of aliphatic hydroxyl groups is 1. The number of aromatic nitrogens is 2. The van der Waals surface area contributed by atoms with Gasteiger partial charge in [0.05, 0.1) is 6.10 Å². The smallest absolute Gasteiger partial charge is 0.137 e. The lowest BCUT2D eigenvalue weighted by atomic mass is 9.96. The van der Waals surface area contributed by atoms with Crippen LogP contribution in [0.4, 0.5) is 11.6 Å². The summed E-state index contributed by atoms with van der Waals surface area (Å²) in [5.74, 6) is 3.34. The van der Waals surface area contributed by atoms with E-state index in [4.69, 9.17) is 4.98 Å². The Morgan fingerprint density at radius 2 is 2.05 bits per heavy atom. The monoisotopic (exact) mass is 278 g/mol. The van der Waals surface area contributed by atoms with E-state index in [9.17, 15) is 5.11 Å². The van der Waals surface area contributed by atoms with Crippen LogP contribution in [0.3, 0.4) is 0 Å². The quantitative estimate of drug-likeness (QED) is 0.887.